The summed E-state index contributed by atoms with van der Waals surface area (Å²) < 4.78 is 0. The van der Waals surface area contributed by atoms with E-state index in [2.05, 4.69) is 88.8 Å². The zero-order valence-corrected chi connectivity index (χ0v) is 19.3. The van der Waals surface area contributed by atoms with Gasteiger partial charge in [0.25, 0.3) is 0 Å². The van der Waals surface area contributed by atoms with Gasteiger partial charge in [0, 0.05) is 74.5 Å². The molecule has 0 aromatic carbocycles. The molecule has 0 radical (unpaired) electrons. The topological polar surface area (TPSA) is 13.0 Å². The molecule has 2 aliphatic rings. The largest absolute Gasteiger partial charge is 0.298 e. The number of nitrogens with zero attached hydrogens (tertiary/aromatic N) is 4. The molecule has 0 aliphatic carbocycles. The molecule has 4 heteroatoms. The van der Waals surface area contributed by atoms with Crippen LogP contribution in [0.1, 0.15) is 69.2 Å². The summed E-state index contributed by atoms with van der Waals surface area (Å²) in [5.41, 5.74) is 0.182. The second kappa shape index (κ2) is 8.46. The summed E-state index contributed by atoms with van der Waals surface area (Å²) in [4.78, 5) is 10.9. The Balaban J connectivity index is 2.09. The van der Waals surface area contributed by atoms with Crippen LogP contribution in [0.2, 0.25) is 0 Å². The molecule has 0 aromatic heterocycles. The van der Waals surface area contributed by atoms with Crippen LogP contribution in [0.15, 0.2) is 0 Å². The molecule has 0 amide bonds. The maximum Gasteiger partial charge on any atom is 0.0312 e. The first-order valence-corrected chi connectivity index (χ1v) is 11.0. The quantitative estimate of drug-likeness (QED) is 0.739. The number of rotatable bonds is 5. The summed E-state index contributed by atoms with van der Waals surface area (Å²) in [7, 11) is 0. The summed E-state index contributed by atoms with van der Waals surface area (Å²) in [5, 5.41) is 0. The van der Waals surface area contributed by atoms with Gasteiger partial charge in [0.2, 0.25) is 0 Å². The van der Waals surface area contributed by atoms with Gasteiger partial charge in [-0.15, -0.1) is 0 Å². The number of piperazine rings is 2. The van der Waals surface area contributed by atoms with Crippen LogP contribution in [0.5, 0.6) is 0 Å². The van der Waals surface area contributed by atoms with Gasteiger partial charge in [0.05, 0.1) is 0 Å². The molecular formula is C22H46N4. The monoisotopic (exact) mass is 366 g/mol. The van der Waals surface area contributed by atoms with Crippen LogP contribution in [-0.4, -0.2) is 94.1 Å². The van der Waals surface area contributed by atoms with Crippen LogP contribution < -0.4 is 0 Å². The molecule has 4 unspecified atom stereocenters. The van der Waals surface area contributed by atoms with Gasteiger partial charge >= 0.3 is 0 Å². The molecule has 4 nitrogen and oxygen atoms in total. The molecule has 0 spiro atoms. The van der Waals surface area contributed by atoms with E-state index in [4.69, 9.17) is 0 Å². The lowest BCUT2D eigenvalue weighted by atomic mass is 9.86. The summed E-state index contributed by atoms with van der Waals surface area (Å²) >= 11 is 0. The third-order valence-electron chi connectivity index (χ3n) is 7.29. The molecule has 2 aliphatic heterocycles. The second-order valence-corrected chi connectivity index (χ2v) is 10.2. The Labute approximate surface area is 163 Å². The third kappa shape index (κ3) is 4.45. The van der Waals surface area contributed by atoms with Gasteiger partial charge in [-0.25, -0.2) is 0 Å². The summed E-state index contributed by atoms with van der Waals surface area (Å²) in [5.74, 6) is 0. The van der Waals surface area contributed by atoms with Crippen molar-refractivity contribution in [2.75, 3.05) is 32.7 Å². The number of hydrogen-bond donors (Lipinski definition) is 0. The van der Waals surface area contributed by atoms with Crippen LogP contribution in [0.3, 0.4) is 0 Å². The Bertz CT molecular complexity index is 435. The molecule has 154 valence electrons. The molecular weight excluding hydrogens is 320 g/mol. The van der Waals surface area contributed by atoms with E-state index in [9.17, 15) is 0 Å². The third-order valence-corrected chi connectivity index (χ3v) is 7.29. The Kier molecular flexibility index (Phi) is 7.21. The van der Waals surface area contributed by atoms with Crippen molar-refractivity contribution in [1.82, 2.24) is 19.6 Å². The van der Waals surface area contributed by atoms with Gasteiger partial charge in [0.1, 0.15) is 0 Å². The van der Waals surface area contributed by atoms with E-state index in [1.165, 1.54) is 32.7 Å². The zero-order valence-electron chi connectivity index (χ0n) is 19.3. The van der Waals surface area contributed by atoms with E-state index in [0.717, 1.165) is 0 Å². The van der Waals surface area contributed by atoms with Crippen LogP contribution in [-0.2, 0) is 0 Å². The summed E-state index contributed by atoms with van der Waals surface area (Å²) in [6.07, 6.45) is 0. The molecule has 0 bridgehead atoms. The van der Waals surface area contributed by atoms with Crippen molar-refractivity contribution < 1.29 is 0 Å². The predicted octanol–water partition coefficient (Wildman–Crippen LogP) is 3.37. The van der Waals surface area contributed by atoms with Crippen LogP contribution in [0, 0.1) is 0 Å². The molecule has 26 heavy (non-hydrogen) atoms. The van der Waals surface area contributed by atoms with Crippen molar-refractivity contribution in [3.63, 3.8) is 0 Å². The number of hydrogen-bond acceptors (Lipinski definition) is 4. The van der Waals surface area contributed by atoms with E-state index in [1.807, 2.05) is 0 Å². The second-order valence-electron chi connectivity index (χ2n) is 10.2. The van der Waals surface area contributed by atoms with Crippen molar-refractivity contribution in [2.45, 2.75) is 111 Å². The van der Waals surface area contributed by atoms with E-state index in [-0.39, 0.29) is 5.54 Å². The Hall–Kier alpha value is -0.160. The van der Waals surface area contributed by atoms with E-state index < -0.39 is 0 Å². The molecule has 0 N–H and O–H groups in total. The smallest absolute Gasteiger partial charge is 0.0312 e. The molecule has 0 aromatic rings. The minimum absolute atomic E-state index is 0.182. The minimum atomic E-state index is 0.182. The molecule has 2 heterocycles. The highest BCUT2D eigenvalue weighted by atomic mass is 15.4. The molecule has 0 saturated carbocycles. The lowest BCUT2D eigenvalue weighted by Crippen LogP contribution is -2.70. The molecule has 2 saturated heterocycles. The normalized spacial score (nSPS) is 32.5. The van der Waals surface area contributed by atoms with Crippen LogP contribution in [0.25, 0.3) is 0 Å². The first-order chi connectivity index (χ1) is 12.0. The van der Waals surface area contributed by atoms with Gasteiger partial charge in [0.15, 0.2) is 0 Å². The molecule has 2 fully saturated rings. The van der Waals surface area contributed by atoms with Gasteiger partial charge in [-0.05, 0) is 69.2 Å². The fourth-order valence-electron chi connectivity index (χ4n) is 5.70. The summed E-state index contributed by atoms with van der Waals surface area (Å²) in [6, 6.07) is 3.72. The van der Waals surface area contributed by atoms with E-state index in [1.54, 1.807) is 0 Å². The highest BCUT2D eigenvalue weighted by molar-refractivity contribution is 5.01. The lowest BCUT2D eigenvalue weighted by Gasteiger charge is -2.57. The van der Waals surface area contributed by atoms with Crippen molar-refractivity contribution >= 4 is 0 Å². The van der Waals surface area contributed by atoms with E-state index in [0.29, 0.717) is 36.3 Å². The standard InChI is InChI=1S/C22H46N4/c1-16(2)24-14-19(6)26(20(7)15-24)22(9,10)21(8)23-11-12-25(17(3)4)18(5)13-23/h16-21H,11-15H2,1-10H3. The fraction of sp³-hybridized carbons (Fsp3) is 1.00. The SMILES string of the molecule is CC(C)N1CC(C)N(C(C)(C)C(C)N2CCN(C(C)C)C(C)C2)C(C)C1. The maximum absolute atomic E-state index is 2.82. The highest BCUT2D eigenvalue weighted by Gasteiger charge is 2.44. The fourth-order valence-corrected chi connectivity index (χ4v) is 5.70. The van der Waals surface area contributed by atoms with Crippen molar-refractivity contribution in [1.29, 1.82) is 0 Å². The predicted molar refractivity (Wildman–Crippen MR) is 114 cm³/mol. The highest BCUT2D eigenvalue weighted by Crippen LogP contribution is 2.32. The Morgan fingerprint density at radius 1 is 0.692 bits per heavy atom. The van der Waals surface area contributed by atoms with Crippen molar-refractivity contribution in [3.05, 3.63) is 0 Å². The summed E-state index contributed by atoms with van der Waals surface area (Å²) in [6.45, 7) is 30.0. The maximum atomic E-state index is 2.82. The van der Waals surface area contributed by atoms with Crippen LogP contribution in [0.4, 0.5) is 0 Å². The average Bonchev–Trinajstić information content (AvgIpc) is 2.52. The van der Waals surface area contributed by atoms with E-state index >= 15 is 0 Å². The van der Waals surface area contributed by atoms with Crippen molar-refractivity contribution in [2.24, 2.45) is 0 Å². The van der Waals surface area contributed by atoms with Gasteiger partial charge in [-0.1, -0.05) is 0 Å². The van der Waals surface area contributed by atoms with Gasteiger partial charge < -0.3 is 0 Å². The zero-order chi connectivity index (χ0) is 19.8. The first kappa shape index (κ1) is 22.1. The van der Waals surface area contributed by atoms with Gasteiger partial charge in [-0.3, -0.25) is 19.6 Å². The molecule has 4 atom stereocenters. The Morgan fingerprint density at radius 2 is 1.19 bits per heavy atom. The van der Waals surface area contributed by atoms with Crippen LogP contribution >= 0.6 is 0 Å². The average molecular weight is 367 g/mol. The minimum Gasteiger partial charge on any atom is -0.298 e. The first-order valence-electron chi connectivity index (χ1n) is 11.0. The Morgan fingerprint density at radius 3 is 1.62 bits per heavy atom. The van der Waals surface area contributed by atoms with Crippen molar-refractivity contribution in [3.8, 4) is 0 Å². The lowest BCUT2D eigenvalue weighted by molar-refractivity contribution is -0.0818. The molecule has 2 rings (SSSR count). The van der Waals surface area contributed by atoms with Gasteiger partial charge in [-0.2, -0.15) is 0 Å².